The molecule has 0 bridgehead atoms. The number of benzene rings is 1. The number of rotatable bonds is 4. The average molecular weight is 346 g/mol. The van der Waals surface area contributed by atoms with Gasteiger partial charge in [0.2, 0.25) is 0 Å². The zero-order valence-corrected chi connectivity index (χ0v) is 15.1. The molecule has 3 amide bonds. The van der Waals surface area contributed by atoms with Gasteiger partial charge in [0.25, 0.3) is 5.91 Å². The zero-order valence-electron chi connectivity index (χ0n) is 15.1. The van der Waals surface area contributed by atoms with Gasteiger partial charge in [0.1, 0.15) is 0 Å². The minimum absolute atomic E-state index is 0.0824. The van der Waals surface area contributed by atoms with Crippen molar-refractivity contribution in [2.75, 3.05) is 6.61 Å². The Balaban J connectivity index is 1.79. The number of carbonyl (C=O) groups excluding carboxylic acids is 3. The molecule has 1 aromatic carbocycles. The molecule has 1 saturated carbocycles. The Morgan fingerprint density at radius 1 is 1.16 bits per heavy atom. The fourth-order valence-corrected chi connectivity index (χ4v) is 3.08. The predicted molar refractivity (Wildman–Crippen MR) is 94.3 cm³/mol. The lowest BCUT2D eigenvalue weighted by Crippen LogP contribution is -2.48. The molecular weight excluding hydrogens is 320 g/mol. The molecule has 0 aliphatic heterocycles. The number of amides is 3. The first kappa shape index (κ1) is 19.0. The number of hydrogen-bond donors (Lipinski definition) is 2. The summed E-state index contributed by atoms with van der Waals surface area (Å²) in [5.74, 6) is -0.811. The van der Waals surface area contributed by atoms with Gasteiger partial charge in [0.15, 0.2) is 6.61 Å². The molecule has 2 atom stereocenters. The number of imide groups is 1. The maximum atomic E-state index is 12.1. The van der Waals surface area contributed by atoms with E-state index in [4.69, 9.17) is 4.74 Å². The molecule has 25 heavy (non-hydrogen) atoms. The van der Waals surface area contributed by atoms with Gasteiger partial charge in [-0.1, -0.05) is 31.9 Å². The molecule has 1 aromatic rings. The van der Waals surface area contributed by atoms with E-state index in [1.54, 1.807) is 12.1 Å². The molecule has 1 fully saturated rings. The largest absolute Gasteiger partial charge is 0.452 e. The van der Waals surface area contributed by atoms with Crippen LogP contribution in [0.4, 0.5) is 4.79 Å². The minimum Gasteiger partial charge on any atom is -0.452 e. The number of ether oxygens (including phenoxy) is 1. The van der Waals surface area contributed by atoms with Crippen LogP contribution in [0.25, 0.3) is 0 Å². The number of hydrogen-bond acceptors (Lipinski definition) is 4. The smallest absolute Gasteiger partial charge is 0.338 e. The normalized spacial score (nSPS) is 19.8. The summed E-state index contributed by atoms with van der Waals surface area (Å²) >= 11 is 0. The van der Waals surface area contributed by atoms with E-state index >= 15 is 0 Å². The highest BCUT2D eigenvalue weighted by Gasteiger charge is 2.23. The molecule has 1 aliphatic rings. The van der Waals surface area contributed by atoms with Crippen molar-refractivity contribution < 1.29 is 19.1 Å². The Bertz CT molecular complexity index is 657. The third-order valence-electron chi connectivity index (χ3n) is 4.84. The lowest BCUT2D eigenvalue weighted by molar-refractivity contribution is -0.123. The van der Waals surface area contributed by atoms with Crippen LogP contribution in [0.15, 0.2) is 18.2 Å². The van der Waals surface area contributed by atoms with Crippen LogP contribution >= 0.6 is 0 Å². The second kappa shape index (κ2) is 8.65. The molecule has 1 aliphatic carbocycles. The minimum atomic E-state index is -0.639. The van der Waals surface area contributed by atoms with Gasteiger partial charge >= 0.3 is 12.0 Å². The van der Waals surface area contributed by atoms with Crippen molar-refractivity contribution in [3.63, 3.8) is 0 Å². The monoisotopic (exact) mass is 346 g/mol. The summed E-state index contributed by atoms with van der Waals surface area (Å²) in [4.78, 5) is 35.8. The van der Waals surface area contributed by atoms with Crippen LogP contribution in [0.3, 0.4) is 0 Å². The molecule has 0 saturated heterocycles. The number of carbonyl (C=O) groups is 3. The molecule has 0 heterocycles. The molecule has 2 rings (SSSR count). The first-order chi connectivity index (χ1) is 11.9. The van der Waals surface area contributed by atoms with E-state index < -0.39 is 24.5 Å². The van der Waals surface area contributed by atoms with Crippen LogP contribution in [0.1, 0.15) is 54.1 Å². The SMILES string of the molecule is Cc1cccc(C(=O)OCC(=O)NC(=O)N[C@@H]2CCCC[C@H]2C)c1C. The van der Waals surface area contributed by atoms with Gasteiger partial charge < -0.3 is 10.1 Å². The Morgan fingerprint density at radius 3 is 2.60 bits per heavy atom. The molecule has 6 nitrogen and oxygen atoms in total. The van der Waals surface area contributed by atoms with Gasteiger partial charge in [-0.3, -0.25) is 10.1 Å². The molecule has 6 heteroatoms. The van der Waals surface area contributed by atoms with Crippen molar-refractivity contribution in [2.24, 2.45) is 5.92 Å². The maximum absolute atomic E-state index is 12.1. The van der Waals surface area contributed by atoms with Gasteiger partial charge in [0, 0.05) is 6.04 Å². The van der Waals surface area contributed by atoms with Gasteiger partial charge in [-0.15, -0.1) is 0 Å². The highest BCUT2D eigenvalue weighted by atomic mass is 16.5. The number of esters is 1. The molecule has 2 N–H and O–H groups in total. The highest BCUT2D eigenvalue weighted by molar-refractivity contribution is 5.97. The third-order valence-corrected chi connectivity index (χ3v) is 4.84. The van der Waals surface area contributed by atoms with Crippen molar-refractivity contribution in [1.82, 2.24) is 10.6 Å². The van der Waals surface area contributed by atoms with Gasteiger partial charge in [-0.2, -0.15) is 0 Å². The molecule has 0 radical (unpaired) electrons. The lowest BCUT2D eigenvalue weighted by atomic mass is 9.86. The van der Waals surface area contributed by atoms with Gasteiger partial charge in [-0.25, -0.2) is 9.59 Å². The Hall–Kier alpha value is -2.37. The van der Waals surface area contributed by atoms with Crippen LogP contribution in [0.2, 0.25) is 0 Å². The van der Waals surface area contributed by atoms with E-state index in [-0.39, 0.29) is 6.04 Å². The number of urea groups is 1. The van der Waals surface area contributed by atoms with Crippen molar-refractivity contribution in [3.8, 4) is 0 Å². The Kier molecular flexibility index (Phi) is 6.56. The second-order valence-corrected chi connectivity index (χ2v) is 6.71. The lowest BCUT2D eigenvalue weighted by Gasteiger charge is -2.29. The van der Waals surface area contributed by atoms with E-state index in [0.29, 0.717) is 11.5 Å². The number of aryl methyl sites for hydroxylation is 1. The second-order valence-electron chi connectivity index (χ2n) is 6.71. The topological polar surface area (TPSA) is 84.5 Å². The fraction of sp³-hybridized carbons (Fsp3) is 0.526. The summed E-state index contributed by atoms with van der Waals surface area (Å²) in [6.07, 6.45) is 4.25. The third kappa shape index (κ3) is 5.31. The summed E-state index contributed by atoms with van der Waals surface area (Å²) in [6, 6.07) is 4.86. The van der Waals surface area contributed by atoms with Crippen LogP contribution in [-0.4, -0.2) is 30.6 Å². The molecular formula is C19H26N2O4. The van der Waals surface area contributed by atoms with Gasteiger partial charge in [0.05, 0.1) is 5.56 Å². The van der Waals surface area contributed by atoms with Crippen LogP contribution in [0.5, 0.6) is 0 Å². The Labute approximate surface area is 148 Å². The summed E-state index contributed by atoms with van der Waals surface area (Å²) in [5, 5.41) is 5.04. The van der Waals surface area contributed by atoms with E-state index in [9.17, 15) is 14.4 Å². The Morgan fingerprint density at radius 2 is 1.88 bits per heavy atom. The molecule has 0 aromatic heterocycles. The van der Waals surface area contributed by atoms with Crippen LogP contribution in [-0.2, 0) is 9.53 Å². The van der Waals surface area contributed by atoms with Crippen molar-refractivity contribution >= 4 is 17.9 Å². The van der Waals surface area contributed by atoms with E-state index in [1.165, 1.54) is 6.42 Å². The van der Waals surface area contributed by atoms with Crippen molar-refractivity contribution in [3.05, 3.63) is 34.9 Å². The summed E-state index contributed by atoms with van der Waals surface area (Å²) < 4.78 is 5.01. The van der Waals surface area contributed by atoms with E-state index in [0.717, 1.165) is 30.4 Å². The molecule has 0 spiro atoms. The predicted octanol–water partition coefficient (Wildman–Crippen LogP) is 2.86. The fourth-order valence-electron chi connectivity index (χ4n) is 3.08. The van der Waals surface area contributed by atoms with Crippen LogP contribution in [0, 0.1) is 19.8 Å². The summed E-state index contributed by atoms with van der Waals surface area (Å²) in [5.41, 5.74) is 2.21. The molecule has 136 valence electrons. The summed E-state index contributed by atoms with van der Waals surface area (Å²) in [6.45, 7) is 5.33. The first-order valence-electron chi connectivity index (χ1n) is 8.72. The molecule has 0 unspecified atom stereocenters. The zero-order chi connectivity index (χ0) is 18.4. The average Bonchev–Trinajstić information content (AvgIpc) is 2.57. The first-order valence-corrected chi connectivity index (χ1v) is 8.72. The quantitative estimate of drug-likeness (QED) is 0.821. The van der Waals surface area contributed by atoms with E-state index in [1.807, 2.05) is 19.9 Å². The summed E-state index contributed by atoms with van der Waals surface area (Å²) in [7, 11) is 0. The van der Waals surface area contributed by atoms with Gasteiger partial charge in [-0.05, 0) is 49.8 Å². The number of nitrogens with one attached hydrogen (secondary N) is 2. The standard InChI is InChI=1S/C19H26N2O4/c1-12-8-6-9-15(14(12)3)18(23)25-11-17(22)21-19(24)20-16-10-5-4-7-13(16)2/h6,8-9,13,16H,4-5,7,10-11H2,1-3H3,(H2,20,21,22,24)/t13-,16-/m1/s1. The van der Waals surface area contributed by atoms with E-state index in [2.05, 4.69) is 17.6 Å². The van der Waals surface area contributed by atoms with Crippen LogP contribution < -0.4 is 10.6 Å². The van der Waals surface area contributed by atoms with Crippen molar-refractivity contribution in [1.29, 1.82) is 0 Å². The maximum Gasteiger partial charge on any atom is 0.338 e. The van der Waals surface area contributed by atoms with Crippen molar-refractivity contribution in [2.45, 2.75) is 52.5 Å². The highest BCUT2D eigenvalue weighted by Crippen LogP contribution is 2.23.